The van der Waals surface area contributed by atoms with Crippen LogP contribution in [0.3, 0.4) is 0 Å². The van der Waals surface area contributed by atoms with Crippen molar-refractivity contribution in [2.24, 2.45) is 0 Å². The molecule has 0 aromatic heterocycles. The van der Waals surface area contributed by atoms with Crippen molar-refractivity contribution in [3.63, 3.8) is 0 Å². The molecule has 0 aliphatic carbocycles. The highest BCUT2D eigenvalue weighted by Crippen LogP contribution is 2.32. The first kappa shape index (κ1) is 19.0. The third-order valence-electron chi connectivity index (χ3n) is 4.12. The second kappa shape index (κ2) is 8.26. The van der Waals surface area contributed by atoms with E-state index in [0.717, 1.165) is 10.5 Å². The van der Waals surface area contributed by atoms with Crippen LogP contribution in [-0.2, 0) is 20.9 Å². The van der Waals surface area contributed by atoms with Crippen molar-refractivity contribution in [3.05, 3.63) is 59.7 Å². The molecule has 2 aromatic rings. The Morgan fingerprint density at radius 3 is 2.70 bits per heavy atom. The van der Waals surface area contributed by atoms with Crippen molar-refractivity contribution < 1.29 is 19.1 Å². The van der Waals surface area contributed by atoms with Crippen molar-refractivity contribution in [1.29, 1.82) is 0 Å². The second-order valence-electron chi connectivity index (χ2n) is 6.28. The Morgan fingerprint density at radius 2 is 1.96 bits per heavy atom. The standard InChI is InChI=1S/C20H20N2O4S/c1-13(19(24)22(2)11-14-6-4-3-5-7-14)26-20(25)15-8-9-17-16(10-15)21-18(23)12-27-17/h3-10,13H,11-12H2,1-2H3,(H,21,23)/t13-/m1/s1. The lowest BCUT2D eigenvalue weighted by atomic mass is 10.2. The fourth-order valence-corrected chi connectivity index (χ4v) is 3.52. The predicted octanol–water partition coefficient (Wildman–Crippen LogP) is 2.93. The Morgan fingerprint density at radius 1 is 1.22 bits per heavy atom. The van der Waals surface area contributed by atoms with Gasteiger partial charge in [-0.2, -0.15) is 0 Å². The zero-order valence-electron chi connectivity index (χ0n) is 15.1. The number of likely N-dealkylation sites (N-methyl/N-ethyl adjacent to an activating group) is 1. The van der Waals surface area contributed by atoms with Gasteiger partial charge in [-0.1, -0.05) is 30.3 Å². The summed E-state index contributed by atoms with van der Waals surface area (Å²) < 4.78 is 5.33. The Labute approximate surface area is 161 Å². The molecule has 1 aliphatic heterocycles. The van der Waals surface area contributed by atoms with Gasteiger partial charge in [0, 0.05) is 18.5 Å². The summed E-state index contributed by atoms with van der Waals surface area (Å²) in [6, 6.07) is 14.6. The molecule has 2 aromatic carbocycles. The van der Waals surface area contributed by atoms with Gasteiger partial charge in [-0.3, -0.25) is 9.59 Å². The van der Waals surface area contributed by atoms with Gasteiger partial charge in [-0.05, 0) is 30.7 Å². The van der Waals surface area contributed by atoms with Gasteiger partial charge >= 0.3 is 5.97 Å². The smallest absolute Gasteiger partial charge is 0.338 e. The highest BCUT2D eigenvalue weighted by Gasteiger charge is 2.23. The molecule has 3 rings (SSSR count). The van der Waals surface area contributed by atoms with Gasteiger partial charge in [-0.15, -0.1) is 11.8 Å². The number of nitrogens with zero attached hydrogens (tertiary/aromatic N) is 1. The summed E-state index contributed by atoms with van der Waals surface area (Å²) in [5, 5.41) is 2.73. The van der Waals surface area contributed by atoms with Crippen LogP contribution in [0.1, 0.15) is 22.8 Å². The fourth-order valence-electron chi connectivity index (χ4n) is 2.73. The van der Waals surface area contributed by atoms with E-state index >= 15 is 0 Å². The number of carbonyl (C=O) groups is 3. The molecule has 1 N–H and O–H groups in total. The maximum Gasteiger partial charge on any atom is 0.338 e. The highest BCUT2D eigenvalue weighted by molar-refractivity contribution is 8.00. The number of fused-ring (bicyclic) bond motifs is 1. The number of amides is 2. The summed E-state index contributed by atoms with van der Waals surface area (Å²) >= 11 is 1.42. The largest absolute Gasteiger partial charge is 0.449 e. The number of hydrogen-bond donors (Lipinski definition) is 1. The molecule has 1 atom stereocenters. The number of carbonyl (C=O) groups excluding carboxylic acids is 3. The highest BCUT2D eigenvalue weighted by atomic mass is 32.2. The number of esters is 1. The number of thioether (sulfide) groups is 1. The first-order chi connectivity index (χ1) is 12.9. The Bertz CT molecular complexity index is 870. The molecule has 0 radical (unpaired) electrons. The molecule has 0 bridgehead atoms. The lowest BCUT2D eigenvalue weighted by Crippen LogP contribution is -2.37. The molecule has 0 saturated heterocycles. The van der Waals surface area contributed by atoms with Crippen LogP contribution >= 0.6 is 11.8 Å². The molecule has 140 valence electrons. The van der Waals surface area contributed by atoms with Crippen LogP contribution in [-0.4, -0.2) is 41.6 Å². The molecule has 0 fully saturated rings. The molecule has 27 heavy (non-hydrogen) atoms. The lowest BCUT2D eigenvalue weighted by molar-refractivity contribution is -0.139. The average molecular weight is 384 g/mol. The van der Waals surface area contributed by atoms with Crippen molar-refractivity contribution in [2.75, 3.05) is 18.1 Å². The zero-order chi connectivity index (χ0) is 19.4. The maximum atomic E-state index is 12.5. The molecular weight excluding hydrogens is 364 g/mol. The third kappa shape index (κ3) is 4.68. The molecular formula is C20H20N2O4S. The van der Waals surface area contributed by atoms with Crippen LogP contribution in [0.2, 0.25) is 0 Å². The number of ether oxygens (including phenoxy) is 1. The normalized spacial score (nSPS) is 13.9. The number of anilines is 1. The number of hydrogen-bond acceptors (Lipinski definition) is 5. The summed E-state index contributed by atoms with van der Waals surface area (Å²) in [4.78, 5) is 38.8. The summed E-state index contributed by atoms with van der Waals surface area (Å²) in [6.07, 6.45) is -0.911. The number of nitrogens with one attached hydrogen (secondary N) is 1. The summed E-state index contributed by atoms with van der Waals surface area (Å²) in [5.41, 5.74) is 1.88. The van der Waals surface area contributed by atoms with Crippen molar-refractivity contribution in [2.45, 2.75) is 24.5 Å². The topological polar surface area (TPSA) is 75.7 Å². The molecule has 0 saturated carbocycles. The van der Waals surface area contributed by atoms with E-state index in [2.05, 4.69) is 5.32 Å². The number of rotatable bonds is 5. The van der Waals surface area contributed by atoms with E-state index in [1.165, 1.54) is 16.7 Å². The quantitative estimate of drug-likeness (QED) is 0.802. The Hall–Kier alpha value is -2.80. The third-order valence-corrected chi connectivity index (χ3v) is 5.19. The van der Waals surface area contributed by atoms with Crippen LogP contribution in [0.25, 0.3) is 0 Å². The van der Waals surface area contributed by atoms with Crippen LogP contribution < -0.4 is 5.32 Å². The number of benzene rings is 2. The van der Waals surface area contributed by atoms with Gasteiger partial charge in [0.15, 0.2) is 6.10 Å². The van der Waals surface area contributed by atoms with Crippen LogP contribution in [0.4, 0.5) is 5.69 Å². The molecule has 2 amide bonds. The molecule has 1 heterocycles. The van der Waals surface area contributed by atoms with E-state index in [1.54, 1.807) is 32.2 Å². The maximum absolute atomic E-state index is 12.5. The molecule has 7 heteroatoms. The molecule has 0 spiro atoms. The SMILES string of the molecule is C[C@@H](OC(=O)c1ccc2c(c1)NC(=O)CS2)C(=O)N(C)Cc1ccccc1. The molecule has 6 nitrogen and oxygen atoms in total. The van der Waals surface area contributed by atoms with Crippen LogP contribution in [0, 0.1) is 0 Å². The minimum Gasteiger partial charge on any atom is -0.449 e. The second-order valence-corrected chi connectivity index (χ2v) is 7.29. The minimum atomic E-state index is -0.911. The van der Waals surface area contributed by atoms with Crippen molar-refractivity contribution >= 4 is 35.2 Å². The van der Waals surface area contributed by atoms with Gasteiger partial charge in [0.1, 0.15) is 0 Å². The summed E-state index contributed by atoms with van der Waals surface area (Å²) in [5.74, 6) is -0.634. The van der Waals surface area contributed by atoms with Gasteiger partial charge in [0.05, 0.1) is 17.0 Å². The average Bonchev–Trinajstić information content (AvgIpc) is 2.67. The van der Waals surface area contributed by atoms with Gasteiger partial charge in [-0.25, -0.2) is 4.79 Å². The monoisotopic (exact) mass is 384 g/mol. The van der Waals surface area contributed by atoms with Gasteiger partial charge < -0.3 is 15.0 Å². The molecule has 1 aliphatic rings. The summed E-state index contributed by atoms with van der Waals surface area (Å²) in [7, 11) is 1.67. The summed E-state index contributed by atoms with van der Waals surface area (Å²) in [6.45, 7) is 1.99. The van der Waals surface area contributed by atoms with Crippen molar-refractivity contribution in [1.82, 2.24) is 4.90 Å². The van der Waals surface area contributed by atoms with Gasteiger partial charge in [0.2, 0.25) is 5.91 Å². The van der Waals surface area contributed by atoms with E-state index in [-0.39, 0.29) is 11.8 Å². The van der Waals surface area contributed by atoms with E-state index in [4.69, 9.17) is 4.74 Å². The minimum absolute atomic E-state index is 0.107. The lowest BCUT2D eigenvalue weighted by Gasteiger charge is -2.22. The first-order valence-electron chi connectivity index (χ1n) is 8.50. The van der Waals surface area contributed by atoms with Gasteiger partial charge in [0.25, 0.3) is 5.91 Å². The van der Waals surface area contributed by atoms with E-state index in [0.29, 0.717) is 23.5 Å². The van der Waals surface area contributed by atoms with Crippen LogP contribution in [0.15, 0.2) is 53.4 Å². The fraction of sp³-hybridized carbons (Fsp3) is 0.250. The van der Waals surface area contributed by atoms with E-state index in [1.807, 2.05) is 30.3 Å². The molecule has 0 unspecified atom stereocenters. The Kier molecular flexibility index (Phi) is 5.81. The first-order valence-corrected chi connectivity index (χ1v) is 9.49. The predicted molar refractivity (Wildman–Crippen MR) is 104 cm³/mol. The van der Waals surface area contributed by atoms with E-state index < -0.39 is 12.1 Å². The van der Waals surface area contributed by atoms with Crippen LogP contribution in [0.5, 0.6) is 0 Å². The van der Waals surface area contributed by atoms with Crippen molar-refractivity contribution in [3.8, 4) is 0 Å². The Balaban J connectivity index is 1.62. The van der Waals surface area contributed by atoms with E-state index in [9.17, 15) is 14.4 Å². The zero-order valence-corrected chi connectivity index (χ0v) is 15.9.